The monoisotopic (exact) mass is 152 g/mol. The Morgan fingerprint density at radius 2 is 2.18 bits per heavy atom. The van der Waals surface area contributed by atoms with Gasteiger partial charge in [-0.05, 0) is 26.0 Å². The summed E-state index contributed by atoms with van der Waals surface area (Å²) in [5.74, 6) is 0. The van der Waals surface area contributed by atoms with E-state index in [1.54, 1.807) is 23.4 Å². The van der Waals surface area contributed by atoms with Crippen LogP contribution in [0.4, 0.5) is 4.79 Å². The number of urea groups is 1. The van der Waals surface area contributed by atoms with Crippen LogP contribution < -0.4 is 5.32 Å². The molecule has 0 spiro atoms. The number of hydrogen-bond donors (Lipinski definition) is 1. The molecule has 1 aliphatic heterocycles. The number of hydrogen-bond acceptors (Lipinski definition) is 1. The molecule has 0 unspecified atom stereocenters. The summed E-state index contributed by atoms with van der Waals surface area (Å²) in [4.78, 5) is 12.8. The molecule has 2 amide bonds. The summed E-state index contributed by atoms with van der Waals surface area (Å²) in [6, 6.07) is 0.121. The van der Waals surface area contributed by atoms with E-state index in [0.717, 1.165) is 0 Å². The molecule has 0 aromatic rings. The van der Waals surface area contributed by atoms with Gasteiger partial charge in [0.05, 0.1) is 0 Å². The fourth-order valence-corrected chi connectivity index (χ4v) is 0.866. The van der Waals surface area contributed by atoms with Gasteiger partial charge in [0.2, 0.25) is 0 Å². The predicted molar refractivity (Wildman–Crippen MR) is 43.8 cm³/mol. The van der Waals surface area contributed by atoms with Crippen molar-refractivity contribution in [3.05, 3.63) is 24.6 Å². The lowest BCUT2D eigenvalue weighted by atomic mass is 10.3. The van der Waals surface area contributed by atoms with Gasteiger partial charge >= 0.3 is 6.03 Å². The number of carbonyl (C=O) groups is 1. The molecule has 1 aliphatic rings. The molecule has 60 valence electrons. The highest BCUT2D eigenvalue weighted by atomic mass is 16.2. The Morgan fingerprint density at radius 3 is 2.82 bits per heavy atom. The summed E-state index contributed by atoms with van der Waals surface area (Å²) in [7, 11) is 0. The minimum Gasteiger partial charge on any atom is -0.314 e. The summed E-state index contributed by atoms with van der Waals surface area (Å²) in [6.07, 6.45) is 7.02. The van der Waals surface area contributed by atoms with Crippen LogP contribution in [0, 0.1) is 0 Å². The Kier molecular flexibility index (Phi) is 2.31. The highest BCUT2D eigenvalue weighted by Crippen LogP contribution is 2.01. The zero-order chi connectivity index (χ0) is 8.27. The SMILES string of the molecule is CC(C)N1C=CC=CNC1=O. The van der Waals surface area contributed by atoms with Crippen molar-refractivity contribution in [2.75, 3.05) is 0 Å². The van der Waals surface area contributed by atoms with Gasteiger partial charge in [0.15, 0.2) is 0 Å². The zero-order valence-corrected chi connectivity index (χ0v) is 6.74. The van der Waals surface area contributed by atoms with Crippen LogP contribution in [0.3, 0.4) is 0 Å². The number of amides is 2. The van der Waals surface area contributed by atoms with Crippen LogP contribution in [-0.4, -0.2) is 17.0 Å². The number of nitrogens with one attached hydrogen (secondary N) is 1. The summed E-state index contributed by atoms with van der Waals surface area (Å²) < 4.78 is 0. The van der Waals surface area contributed by atoms with E-state index in [1.165, 1.54) is 0 Å². The van der Waals surface area contributed by atoms with Gasteiger partial charge in [0, 0.05) is 18.4 Å². The molecule has 3 heteroatoms. The van der Waals surface area contributed by atoms with Crippen molar-refractivity contribution in [1.82, 2.24) is 10.2 Å². The van der Waals surface area contributed by atoms with Gasteiger partial charge in [-0.15, -0.1) is 0 Å². The minimum absolute atomic E-state index is 0.0787. The summed E-state index contributed by atoms with van der Waals surface area (Å²) in [5.41, 5.74) is 0. The highest BCUT2D eigenvalue weighted by molar-refractivity contribution is 5.77. The van der Waals surface area contributed by atoms with Gasteiger partial charge < -0.3 is 5.32 Å². The molecule has 0 aromatic heterocycles. The van der Waals surface area contributed by atoms with Gasteiger partial charge in [-0.1, -0.05) is 0 Å². The first-order valence-electron chi connectivity index (χ1n) is 3.64. The van der Waals surface area contributed by atoms with E-state index >= 15 is 0 Å². The van der Waals surface area contributed by atoms with Crippen LogP contribution in [0.2, 0.25) is 0 Å². The predicted octanol–water partition coefficient (Wildman–Crippen LogP) is 1.45. The Labute approximate surface area is 66.4 Å². The Balaban J connectivity index is 2.72. The van der Waals surface area contributed by atoms with E-state index in [-0.39, 0.29) is 12.1 Å². The largest absolute Gasteiger partial charge is 0.325 e. The van der Waals surface area contributed by atoms with Gasteiger partial charge in [0.25, 0.3) is 0 Å². The van der Waals surface area contributed by atoms with E-state index in [0.29, 0.717) is 0 Å². The first-order chi connectivity index (χ1) is 5.22. The molecular weight excluding hydrogens is 140 g/mol. The standard InChI is InChI=1S/C8H12N2O/c1-7(2)10-6-4-3-5-9-8(10)11/h3-7H,1-2H3,(H,9,11). The molecule has 1 N–H and O–H groups in total. The molecule has 1 heterocycles. The van der Waals surface area contributed by atoms with E-state index < -0.39 is 0 Å². The van der Waals surface area contributed by atoms with Crippen molar-refractivity contribution in [2.24, 2.45) is 0 Å². The molecule has 3 nitrogen and oxygen atoms in total. The molecule has 11 heavy (non-hydrogen) atoms. The molecule has 0 aliphatic carbocycles. The van der Waals surface area contributed by atoms with Gasteiger partial charge in [-0.3, -0.25) is 4.90 Å². The lowest BCUT2D eigenvalue weighted by Gasteiger charge is -2.20. The minimum atomic E-state index is -0.0787. The van der Waals surface area contributed by atoms with Crippen LogP contribution in [0.25, 0.3) is 0 Å². The number of rotatable bonds is 1. The molecule has 0 aromatic carbocycles. The number of allylic oxidation sites excluding steroid dienone is 2. The second-order valence-electron chi connectivity index (χ2n) is 2.65. The molecule has 0 atom stereocenters. The second-order valence-corrected chi connectivity index (χ2v) is 2.65. The molecule has 0 fully saturated rings. The third kappa shape index (κ3) is 1.83. The topological polar surface area (TPSA) is 32.3 Å². The van der Waals surface area contributed by atoms with Gasteiger partial charge in [-0.25, -0.2) is 4.79 Å². The maximum Gasteiger partial charge on any atom is 0.325 e. The summed E-state index contributed by atoms with van der Waals surface area (Å²) >= 11 is 0. The lowest BCUT2D eigenvalue weighted by molar-refractivity contribution is 0.210. The molecule has 0 radical (unpaired) electrons. The average molecular weight is 152 g/mol. The first kappa shape index (κ1) is 7.85. The highest BCUT2D eigenvalue weighted by Gasteiger charge is 2.12. The molecule has 1 rings (SSSR count). The van der Waals surface area contributed by atoms with E-state index in [2.05, 4.69) is 5.32 Å². The Hall–Kier alpha value is -1.25. The zero-order valence-electron chi connectivity index (χ0n) is 6.74. The Bertz CT molecular complexity index is 206. The third-order valence-corrected chi connectivity index (χ3v) is 1.45. The van der Waals surface area contributed by atoms with Crippen molar-refractivity contribution in [1.29, 1.82) is 0 Å². The van der Waals surface area contributed by atoms with Crippen molar-refractivity contribution in [2.45, 2.75) is 19.9 Å². The van der Waals surface area contributed by atoms with Crippen molar-refractivity contribution < 1.29 is 4.79 Å². The average Bonchev–Trinajstić information content (AvgIpc) is 2.13. The van der Waals surface area contributed by atoms with Crippen molar-refractivity contribution in [3.8, 4) is 0 Å². The fourth-order valence-electron chi connectivity index (χ4n) is 0.866. The molecule has 0 bridgehead atoms. The van der Waals surface area contributed by atoms with E-state index in [4.69, 9.17) is 0 Å². The van der Waals surface area contributed by atoms with Crippen molar-refractivity contribution in [3.63, 3.8) is 0 Å². The maximum absolute atomic E-state index is 11.2. The lowest BCUT2D eigenvalue weighted by Crippen LogP contribution is -2.37. The summed E-state index contributed by atoms with van der Waals surface area (Å²) in [6.45, 7) is 3.94. The first-order valence-corrected chi connectivity index (χ1v) is 3.64. The van der Waals surface area contributed by atoms with Crippen LogP contribution in [-0.2, 0) is 0 Å². The van der Waals surface area contributed by atoms with Crippen LogP contribution >= 0.6 is 0 Å². The normalized spacial score (nSPS) is 17.0. The Morgan fingerprint density at radius 1 is 1.45 bits per heavy atom. The third-order valence-electron chi connectivity index (χ3n) is 1.45. The molecular formula is C8H12N2O. The van der Waals surface area contributed by atoms with Crippen LogP contribution in [0.15, 0.2) is 24.6 Å². The maximum atomic E-state index is 11.2. The van der Waals surface area contributed by atoms with Crippen LogP contribution in [0.1, 0.15) is 13.8 Å². The molecule has 0 saturated carbocycles. The number of carbonyl (C=O) groups excluding carboxylic acids is 1. The number of nitrogens with zero attached hydrogens (tertiary/aromatic N) is 1. The summed E-state index contributed by atoms with van der Waals surface area (Å²) in [5, 5.41) is 2.62. The fraction of sp³-hybridized carbons (Fsp3) is 0.375. The van der Waals surface area contributed by atoms with Gasteiger partial charge in [0.1, 0.15) is 0 Å². The van der Waals surface area contributed by atoms with Crippen molar-refractivity contribution >= 4 is 6.03 Å². The van der Waals surface area contributed by atoms with E-state index in [9.17, 15) is 4.79 Å². The second kappa shape index (κ2) is 3.23. The van der Waals surface area contributed by atoms with Crippen LogP contribution in [0.5, 0.6) is 0 Å². The van der Waals surface area contributed by atoms with Gasteiger partial charge in [-0.2, -0.15) is 0 Å². The van der Waals surface area contributed by atoms with E-state index in [1.807, 2.05) is 19.9 Å². The smallest absolute Gasteiger partial charge is 0.314 e. The quantitative estimate of drug-likeness (QED) is 0.606. The molecule has 0 saturated heterocycles.